The Morgan fingerprint density at radius 3 is 2.21 bits per heavy atom. The molecular formula is C21H29N3O4S. The highest BCUT2D eigenvalue weighted by Gasteiger charge is 2.32. The molecule has 1 N–H and O–H groups in total. The van der Waals surface area contributed by atoms with Crippen LogP contribution in [0.5, 0.6) is 5.75 Å². The normalized spacial score (nSPS) is 20.2. The molecule has 0 spiro atoms. The van der Waals surface area contributed by atoms with Gasteiger partial charge in [-0.15, -0.1) is 0 Å². The number of nitrogens with one attached hydrogen (secondary N) is 1. The number of ether oxygens (including phenoxy) is 1. The van der Waals surface area contributed by atoms with E-state index in [1.165, 1.54) is 16.4 Å². The van der Waals surface area contributed by atoms with E-state index in [1.54, 1.807) is 12.1 Å². The molecule has 0 unspecified atom stereocenters. The van der Waals surface area contributed by atoms with Gasteiger partial charge in [0.25, 0.3) is 5.91 Å². The lowest BCUT2D eigenvalue weighted by molar-refractivity contribution is -0.124. The van der Waals surface area contributed by atoms with Gasteiger partial charge < -0.3 is 10.1 Å². The molecule has 1 saturated heterocycles. The zero-order valence-electron chi connectivity index (χ0n) is 16.7. The molecule has 0 aromatic heterocycles. The van der Waals surface area contributed by atoms with E-state index in [9.17, 15) is 18.5 Å². The number of nitrogens with zero attached hydrogens (tertiary/aromatic N) is 2. The minimum absolute atomic E-state index is 0.207. The van der Waals surface area contributed by atoms with E-state index in [0.717, 1.165) is 44.9 Å². The van der Waals surface area contributed by atoms with Crippen molar-refractivity contribution in [1.82, 2.24) is 9.62 Å². The first-order valence-corrected chi connectivity index (χ1v) is 11.8. The van der Waals surface area contributed by atoms with Crippen LogP contribution in [0.3, 0.4) is 0 Å². The Balaban J connectivity index is 1.56. The predicted molar refractivity (Wildman–Crippen MR) is 109 cm³/mol. The van der Waals surface area contributed by atoms with E-state index >= 15 is 0 Å². The van der Waals surface area contributed by atoms with E-state index in [2.05, 4.69) is 11.4 Å². The number of carbonyl (C=O) groups excluding carboxylic acids is 1. The molecule has 1 aliphatic heterocycles. The topological polar surface area (TPSA) is 99.5 Å². The first kappa shape index (κ1) is 21.6. The van der Waals surface area contributed by atoms with Crippen LogP contribution in [-0.4, -0.2) is 43.9 Å². The summed E-state index contributed by atoms with van der Waals surface area (Å²) in [6.45, 7) is 0.907. The van der Waals surface area contributed by atoms with Gasteiger partial charge in [0, 0.05) is 13.1 Å². The summed E-state index contributed by atoms with van der Waals surface area (Å²) in [7, 11) is -3.48. The van der Waals surface area contributed by atoms with Gasteiger partial charge in [-0.1, -0.05) is 32.1 Å². The summed E-state index contributed by atoms with van der Waals surface area (Å²) in [6.07, 6.45) is 8.21. The molecule has 0 bridgehead atoms. The molecule has 0 atom stereocenters. The third-order valence-electron chi connectivity index (χ3n) is 5.70. The van der Waals surface area contributed by atoms with E-state index in [4.69, 9.17) is 4.74 Å². The van der Waals surface area contributed by atoms with Crippen molar-refractivity contribution < 1.29 is 17.9 Å². The summed E-state index contributed by atoms with van der Waals surface area (Å²) in [5, 5.41) is 12.4. The number of sulfonamides is 1. The molecule has 158 valence electrons. The molecule has 1 aromatic rings. The first-order chi connectivity index (χ1) is 14.0. The standard InChI is InChI=1S/C21H29N3O4S/c22-17-21(12-4-1-2-5-13-21)23-20(25)16-28-18-8-10-19(11-9-18)29(26,27)24-14-6-3-7-15-24/h8-11H,1-7,12-16H2,(H,23,25). The number of hydrogen-bond acceptors (Lipinski definition) is 5. The maximum atomic E-state index is 12.7. The van der Waals surface area contributed by atoms with E-state index in [-0.39, 0.29) is 17.4 Å². The molecule has 1 aliphatic carbocycles. The molecule has 1 heterocycles. The quantitative estimate of drug-likeness (QED) is 0.715. The van der Waals surface area contributed by atoms with Crippen molar-refractivity contribution in [1.29, 1.82) is 5.26 Å². The Morgan fingerprint density at radius 2 is 1.62 bits per heavy atom. The average molecular weight is 420 g/mol. The van der Waals surface area contributed by atoms with Crippen LogP contribution in [0, 0.1) is 11.3 Å². The Labute approximate surface area is 173 Å². The molecule has 1 amide bonds. The van der Waals surface area contributed by atoms with Gasteiger partial charge in [0.2, 0.25) is 10.0 Å². The molecule has 2 aliphatic rings. The second-order valence-electron chi connectivity index (χ2n) is 7.88. The van der Waals surface area contributed by atoms with Crippen molar-refractivity contribution >= 4 is 15.9 Å². The van der Waals surface area contributed by atoms with Gasteiger partial charge in [0.05, 0.1) is 11.0 Å². The fourth-order valence-electron chi connectivity index (χ4n) is 4.01. The zero-order valence-corrected chi connectivity index (χ0v) is 17.5. The van der Waals surface area contributed by atoms with E-state index in [0.29, 0.717) is 31.7 Å². The van der Waals surface area contributed by atoms with Gasteiger partial charge in [0.15, 0.2) is 6.61 Å². The fourth-order valence-corrected chi connectivity index (χ4v) is 5.53. The number of benzene rings is 1. The highest BCUT2D eigenvalue weighted by Crippen LogP contribution is 2.27. The molecule has 1 saturated carbocycles. The molecule has 2 fully saturated rings. The van der Waals surface area contributed by atoms with Crippen molar-refractivity contribution in [3.8, 4) is 11.8 Å². The van der Waals surface area contributed by atoms with Crippen LogP contribution >= 0.6 is 0 Å². The van der Waals surface area contributed by atoms with Crippen LogP contribution in [0.1, 0.15) is 57.8 Å². The minimum atomic E-state index is -3.48. The number of nitriles is 1. The van der Waals surface area contributed by atoms with Crippen molar-refractivity contribution in [3.63, 3.8) is 0 Å². The summed E-state index contributed by atoms with van der Waals surface area (Å²) in [4.78, 5) is 12.5. The first-order valence-electron chi connectivity index (χ1n) is 10.4. The SMILES string of the molecule is N#CC1(NC(=O)COc2ccc(S(=O)(=O)N3CCCCC3)cc2)CCCCCC1. The van der Waals surface area contributed by atoms with Crippen molar-refractivity contribution in [2.45, 2.75) is 68.2 Å². The number of hydrogen-bond donors (Lipinski definition) is 1. The number of carbonyl (C=O) groups is 1. The zero-order chi connectivity index (χ0) is 20.7. The molecule has 29 heavy (non-hydrogen) atoms. The third kappa shape index (κ3) is 5.49. The lowest BCUT2D eigenvalue weighted by atomic mass is 9.92. The summed E-state index contributed by atoms with van der Waals surface area (Å²) in [5.41, 5.74) is -0.802. The van der Waals surface area contributed by atoms with Gasteiger partial charge in [-0.3, -0.25) is 4.79 Å². The van der Waals surface area contributed by atoms with Gasteiger partial charge in [0.1, 0.15) is 11.3 Å². The van der Waals surface area contributed by atoms with E-state index < -0.39 is 15.6 Å². The van der Waals surface area contributed by atoms with Gasteiger partial charge in [-0.25, -0.2) is 8.42 Å². The van der Waals surface area contributed by atoms with Crippen molar-refractivity contribution in [2.24, 2.45) is 0 Å². The molecular weight excluding hydrogens is 390 g/mol. The summed E-state index contributed by atoms with van der Waals surface area (Å²) in [6, 6.07) is 8.44. The van der Waals surface area contributed by atoms with Crippen molar-refractivity contribution in [3.05, 3.63) is 24.3 Å². The predicted octanol–water partition coefficient (Wildman–Crippen LogP) is 2.97. The summed E-state index contributed by atoms with van der Waals surface area (Å²) in [5.74, 6) is 0.0862. The Kier molecular flexibility index (Phi) is 7.14. The molecule has 3 rings (SSSR count). The highest BCUT2D eigenvalue weighted by atomic mass is 32.2. The highest BCUT2D eigenvalue weighted by molar-refractivity contribution is 7.89. The fraction of sp³-hybridized carbons (Fsp3) is 0.619. The number of amides is 1. The largest absolute Gasteiger partial charge is 0.484 e. The number of piperidine rings is 1. The second-order valence-corrected chi connectivity index (χ2v) is 9.82. The third-order valence-corrected chi connectivity index (χ3v) is 7.61. The van der Waals surface area contributed by atoms with Crippen LogP contribution in [-0.2, 0) is 14.8 Å². The lowest BCUT2D eigenvalue weighted by Gasteiger charge is -2.26. The molecule has 1 aromatic carbocycles. The minimum Gasteiger partial charge on any atom is -0.484 e. The van der Waals surface area contributed by atoms with Crippen LogP contribution in [0.15, 0.2) is 29.2 Å². The van der Waals surface area contributed by atoms with Gasteiger partial charge in [-0.2, -0.15) is 9.57 Å². The average Bonchev–Trinajstić information content (AvgIpc) is 2.99. The van der Waals surface area contributed by atoms with Gasteiger partial charge >= 0.3 is 0 Å². The smallest absolute Gasteiger partial charge is 0.259 e. The number of rotatable bonds is 6. The Hall–Kier alpha value is -2.11. The second kappa shape index (κ2) is 9.59. The monoisotopic (exact) mass is 419 g/mol. The van der Waals surface area contributed by atoms with Crippen LogP contribution < -0.4 is 10.1 Å². The summed E-state index contributed by atoms with van der Waals surface area (Å²) >= 11 is 0. The molecule has 8 heteroatoms. The van der Waals surface area contributed by atoms with Crippen LogP contribution in [0.4, 0.5) is 0 Å². The maximum Gasteiger partial charge on any atom is 0.259 e. The van der Waals surface area contributed by atoms with E-state index in [1.807, 2.05) is 0 Å². The molecule has 0 radical (unpaired) electrons. The molecule has 7 nitrogen and oxygen atoms in total. The van der Waals surface area contributed by atoms with Crippen molar-refractivity contribution in [2.75, 3.05) is 19.7 Å². The van der Waals surface area contributed by atoms with Crippen LogP contribution in [0.2, 0.25) is 0 Å². The lowest BCUT2D eigenvalue weighted by Crippen LogP contribution is -2.48. The summed E-state index contributed by atoms with van der Waals surface area (Å²) < 4.78 is 32.4. The Bertz CT molecular complexity index is 832. The van der Waals surface area contributed by atoms with Gasteiger partial charge in [-0.05, 0) is 49.9 Å². The van der Waals surface area contributed by atoms with Crippen LogP contribution in [0.25, 0.3) is 0 Å². The Morgan fingerprint density at radius 1 is 1.03 bits per heavy atom. The maximum absolute atomic E-state index is 12.7.